The van der Waals surface area contributed by atoms with Crippen molar-refractivity contribution in [2.45, 2.75) is 51.9 Å². The molecular formula is C20H25F2NO2. The molecule has 0 aliphatic heterocycles. The number of benzene rings is 1. The van der Waals surface area contributed by atoms with Crippen LogP contribution in [-0.2, 0) is 4.79 Å². The van der Waals surface area contributed by atoms with E-state index in [2.05, 4.69) is 18.8 Å². The Labute approximate surface area is 147 Å². The number of halogens is 2. The summed E-state index contributed by atoms with van der Waals surface area (Å²) in [6, 6.07) is 6.74. The van der Waals surface area contributed by atoms with Crippen molar-refractivity contribution in [3.63, 3.8) is 0 Å². The summed E-state index contributed by atoms with van der Waals surface area (Å²) in [5.41, 5.74) is 2.73. The largest absolute Gasteiger partial charge is 0.289 e. The van der Waals surface area contributed by atoms with Crippen molar-refractivity contribution in [2.24, 2.45) is 17.8 Å². The Morgan fingerprint density at radius 3 is 2.32 bits per heavy atom. The van der Waals surface area contributed by atoms with Crippen LogP contribution in [0, 0.1) is 29.6 Å². The molecule has 0 heterocycles. The van der Waals surface area contributed by atoms with Gasteiger partial charge < -0.3 is 0 Å². The zero-order chi connectivity index (χ0) is 18.4. The summed E-state index contributed by atoms with van der Waals surface area (Å²) in [7, 11) is 0. The fraction of sp³-hybridized carbons (Fsp3) is 0.550. The van der Waals surface area contributed by atoms with E-state index in [1.807, 2.05) is 0 Å². The van der Waals surface area contributed by atoms with Crippen LogP contribution >= 0.6 is 0 Å². The lowest BCUT2D eigenvalue weighted by Crippen LogP contribution is -2.33. The summed E-state index contributed by atoms with van der Waals surface area (Å²) >= 11 is 0. The molecule has 2 atom stereocenters. The van der Waals surface area contributed by atoms with Crippen LogP contribution in [0.4, 0.5) is 8.78 Å². The van der Waals surface area contributed by atoms with Crippen LogP contribution in [0.1, 0.15) is 56.6 Å². The lowest BCUT2D eigenvalue weighted by molar-refractivity contribution is -0.133. The first-order valence-electron chi connectivity index (χ1n) is 8.76. The number of rotatable bonds is 4. The average molecular weight is 349 g/mol. The Kier molecular flexibility index (Phi) is 6.95. The van der Waals surface area contributed by atoms with Gasteiger partial charge in [-0.1, -0.05) is 37.8 Å². The van der Waals surface area contributed by atoms with Crippen molar-refractivity contribution in [3.05, 3.63) is 35.4 Å². The topological polar surface area (TPSA) is 49.3 Å². The number of nitrogens with one attached hydrogen (secondary N) is 1. The van der Waals surface area contributed by atoms with Gasteiger partial charge in [-0.2, -0.15) is 0 Å². The van der Waals surface area contributed by atoms with Gasteiger partial charge in [0.05, 0.1) is 5.92 Å². The molecule has 0 spiro atoms. The van der Waals surface area contributed by atoms with Crippen LogP contribution in [0.15, 0.2) is 24.3 Å². The number of amides is 1. The van der Waals surface area contributed by atoms with E-state index >= 15 is 0 Å². The molecule has 0 radical (unpaired) electrons. The first kappa shape index (κ1) is 19.4. The van der Waals surface area contributed by atoms with Crippen LogP contribution in [0.2, 0.25) is 0 Å². The van der Waals surface area contributed by atoms with Gasteiger partial charge in [-0.05, 0) is 49.3 Å². The molecule has 2 unspecified atom stereocenters. The van der Waals surface area contributed by atoms with Crippen LogP contribution < -0.4 is 5.48 Å². The minimum atomic E-state index is -2.66. The second-order valence-corrected chi connectivity index (χ2v) is 7.00. The Balaban J connectivity index is 2.11. The Hall–Kier alpha value is -1.93. The van der Waals surface area contributed by atoms with Gasteiger partial charge in [0, 0.05) is 17.4 Å². The van der Waals surface area contributed by atoms with E-state index in [0.717, 1.165) is 24.3 Å². The van der Waals surface area contributed by atoms with E-state index in [9.17, 15) is 13.6 Å². The minimum Gasteiger partial charge on any atom is -0.289 e. The quantitative estimate of drug-likeness (QED) is 0.482. The van der Waals surface area contributed by atoms with Gasteiger partial charge in [-0.3, -0.25) is 10.0 Å². The molecule has 0 bridgehead atoms. The Morgan fingerprint density at radius 1 is 1.20 bits per heavy atom. The summed E-state index contributed by atoms with van der Waals surface area (Å²) in [5.74, 6) is 4.50. The van der Waals surface area contributed by atoms with Crippen LogP contribution in [0.25, 0.3) is 0 Å². The van der Waals surface area contributed by atoms with Gasteiger partial charge in [0.2, 0.25) is 6.43 Å². The fourth-order valence-electron chi connectivity index (χ4n) is 3.27. The van der Waals surface area contributed by atoms with Crippen LogP contribution in [0.3, 0.4) is 0 Å². The van der Waals surface area contributed by atoms with E-state index in [-0.39, 0.29) is 0 Å². The molecule has 2 rings (SSSR count). The molecule has 25 heavy (non-hydrogen) atoms. The molecule has 0 aromatic heterocycles. The number of carbonyl (C=O) groups is 1. The molecule has 1 amide bonds. The molecule has 1 saturated carbocycles. The second kappa shape index (κ2) is 8.96. The van der Waals surface area contributed by atoms with Gasteiger partial charge >= 0.3 is 0 Å². The first-order chi connectivity index (χ1) is 11.9. The molecule has 2 N–H and O–H groups in total. The number of hydrogen-bond acceptors (Lipinski definition) is 2. The van der Waals surface area contributed by atoms with Gasteiger partial charge in [0.25, 0.3) is 5.91 Å². The Bertz CT molecular complexity index is 625. The zero-order valence-electron chi connectivity index (χ0n) is 14.6. The highest BCUT2D eigenvalue weighted by Gasteiger charge is 2.32. The highest BCUT2D eigenvalue weighted by molar-refractivity contribution is 5.83. The molecule has 1 aromatic carbocycles. The second-order valence-electron chi connectivity index (χ2n) is 7.00. The summed E-state index contributed by atoms with van der Waals surface area (Å²) in [6.07, 6.45) is 2.01. The SMILES string of the molecule is CC1CCC(C#Cc2ccc(C(C(=O)NO)C(C)C(F)F)cc2)CC1. The maximum atomic E-state index is 13.0. The monoisotopic (exact) mass is 349 g/mol. The zero-order valence-corrected chi connectivity index (χ0v) is 14.6. The highest BCUT2D eigenvalue weighted by atomic mass is 19.3. The van der Waals surface area contributed by atoms with Gasteiger partial charge in [0.15, 0.2) is 0 Å². The van der Waals surface area contributed by atoms with E-state index in [0.29, 0.717) is 11.5 Å². The lowest BCUT2D eigenvalue weighted by Gasteiger charge is -2.22. The average Bonchev–Trinajstić information content (AvgIpc) is 2.62. The standard InChI is InChI=1S/C20H25F2NO2/c1-13-3-5-15(6-4-13)7-8-16-9-11-17(12-10-16)18(20(24)23-25)14(2)19(21)22/h9-15,18-19,25H,3-6H2,1-2H3,(H,23,24). The molecule has 136 valence electrons. The normalized spacial score (nSPS) is 22.6. The van der Waals surface area contributed by atoms with E-state index in [1.54, 1.807) is 24.3 Å². The molecule has 1 aromatic rings. The third kappa shape index (κ3) is 5.27. The molecule has 1 fully saturated rings. The van der Waals surface area contributed by atoms with Crippen LogP contribution in [0.5, 0.6) is 0 Å². The summed E-state index contributed by atoms with van der Waals surface area (Å²) < 4.78 is 26.0. The summed E-state index contributed by atoms with van der Waals surface area (Å²) in [5, 5.41) is 8.83. The smallest absolute Gasteiger partial charge is 0.251 e. The van der Waals surface area contributed by atoms with Gasteiger partial charge in [0.1, 0.15) is 0 Å². The van der Waals surface area contributed by atoms with Gasteiger partial charge in [-0.25, -0.2) is 14.3 Å². The van der Waals surface area contributed by atoms with Crippen molar-refractivity contribution in [2.75, 3.05) is 0 Å². The van der Waals surface area contributed by atoms with Crippen molar-refractivity contribution in [3.8, 4) is 11.8 Å². The van der Waals surface area contributed by atoms with E-state index < -0.39 is 24.2 Å². The van der Waals surface area contributed by atoms with E-state index in [1.165, 1.54) is 25.2 Å². The maximum absolute atomic E-state index is 13.0. The van der Waals surface area contributed by atoms with Crippen molar-refractivity contribution < 1.29 is 18.8 Å². The highest BCUT2D eigenvalue weighted by Crippen LogP contribution is 2.30. The van der Waals surface area contributed by atoms with E-state index in [4.69, 9.17) is 5.21 Å². The number of alkyl halides is 2. The third-order valence-corrected chi connectivity index (χ3v) is 5.02. The first-order valence-corrected chi connectivity index (χ1v) is 8.76. The third-order valence-electron chi connectivity index (χ3n) is 5.02. The van der Waals surface area contributed by atoms with Crippen LogP contribution in [-0.4, -0.2) is 17.5 Å². The maximum Gasteiger partial charge on any atom is 0.251 e. The number of hydroxylamine groups is 1. The lowest BCUT2D eigenvalue weighted by atomic mass is 9.83. The molecule has 1 aliphatic rings. The minimum absolute atomic E-state index is 0.419. The summed E-state index contributed by atoms with van der Waals surface area (Å²) in [4.78, 5) is 11.8. The Morgan fingerprint density at radius 2 is 1.80 bits per heavy atom. The predicted molar refractivity (Wildman–Crippen MR) is 92.3 cm³/mol. The number of carbonyl (C=O) groups excluding carboxylic acids is 1. The molecule has 5 heteroatoms. The fourth-order valence-corrected chi connectivity index (χ4v) is 3.27. The van der Waals surface area contributed by atoms with Crippen molar-refractivity contribution in [1.82, 2.24) is 5.48 Å². The predicted octanol–water partition coefficient (Wildman–Crippen LogP) is 4.35. The summed E-state index contributed by atoms with van der Waals surface area (Å²) in [6.45, 7) is 3.56. The molecule has 3 nitrogen and oxygen atoms in total. The van der Waals surface area contributed by atoms with Gasteiger partial charge in [-0.15, -0.1) is 0 Å². The number of hydrogen-bond donors (Lipinski definition) is 2. The molecule has 1 aliphatic carbocycles. The molecule has 0 saturated heterocycles. The van der Waals surface area contributed by atoms with Crippen molar-refractivity contribution >= 4 is 5.91 Å². The molecular weight excluding hydrogens is 324 g/mol. The van der Waals surface area contributed by atoms with Crippen molar-refractivity contribution in [1.29, 1.82) is 0 Å².